The van der Waals surface area contributed by atoms with Crippen LogP contribution in [0, 0.1) is 0 Å². The standard InChI is InChI=1S/C23H26N4O4/c1-23(2,3)19-14-20(26-31-19)25-22(29)24-16-8-12-18(13-9-16)30-17-10-6-15(7-11-17)21(28)27(4)5/h6-14H,1-5H3,(H2,24,25,26,29). The summed E-state index contributed by atoms with van der Waals surface area (Å²) >= 11 is 0. The Hall–Kier alpha value is -3.81. The molecule has 8 heteroatoms. The molecule has 0 radical (unpaired) electrons. The number of amides is 3. The molecule has 1 aromatic heterocycles. The van der Waals surface area contributed by atoms with Crippen LogP contribution in [0.4, 0.5) is 16.3 Å². The van der Waals surface area contributed by atoms with Crippen molar-refractivity contribution in [3.8, 4) is 11.5 Å². The first kappa shape index (κ1) is 21.9. The Bertz CT molecular complexity index is 1050. The number of carbonyl (C=O) groups is 2. The summed E-state index contributed by atoms with van der Waals surface area (Å²) in [5.74, 6) is 2.17. The number of ether oxygens (including phenoxy) is 1. The molecule has 0 bridgehead atoms. The van der Waals surface area contributed by atoms with Crippen molar-refractivity contribution < 1.29 is 18.8 Å². The number of benzene rings is 2. The fourth-order valence-electron chi connectivity index (χ4n) is 2.63. The Kier molecular flexibility index (Phi) is 6.29. The molecular formula is C23H26N4O4. The number of hydrogen-bond acceptors (Lipinski definition) is 5. The summed E-state index contributed by atoms with van der Waals surface area (Å²) in [5, 5.41) is 9.23. The lowest BCUT2D eigenvalue weighted by molar-refractivity contribution is 0.0827. The van der Waals surface area contributed by atoms with E-state index < -0.39 is 6.03 Å². The lowest BCUT2D eigenvalue weighted by Crippen LogP contribution is -2.21. The Morgan fingerprint density at radius 2 is 1.52 bits per heavy atom. The number of urea groups is 1. The molecule has 8 nitrogen and oxygen atoms in total. The van der Waals surface area contributed by atoms with E-state index >= 15 is 0 Å². The SMILES string of the molecule is CN(C)C(=O)c1ccc(Oc2ccc(NC(=O)Nc3cc(C(C)(C)C)on3)cc2)cc1. The zero-order valence-corrected chi connectivity index (χ0v) is 18.2. The maximum atomic E-state index is 12.2. The van der Waals surface area contributed by atoms with E-state index in [1.807, 2.05) is 20.8 Å². The quantitative estimate of drug-likeness (QED) is 0.595. The summed E-state index contributed by atoms with van der Waals surface area (Å²) in [4.78, 5) is 25.6. The number of nitrogens with zero attached hydrogens (tertiary/aromatic N) is 2. The minimum Gasteiger partial charge on any atom is -0.457 e. The maximum absolute atomic E-state index is 12.2. The molecule has 31 heavy (non-hydrogen) atoms. The third-order valence-electron chi connectivity index (χ3n) is 4.35. The molecule has 0 aliphatic heterocycles. The highest BCUT2D eigenvalue weighted by Gasteiger charge is 2.20. The predicted molar refractivity (Wildman–Crippen MR) is 119 cm³/mol. The smallest absolute Gasteiger partial charge is 0.324 e. The van der Waals surface area contributed by atoms with Crippen LogP contribution in [0.15, 0.2) is 59.1 Å². The van der Waals surface area contributed by atoms with E-state index in [1.54, 1.807) is 68.7 Å². The summed E-state index contributed by atoms with van der Waals surface area (Å²) in [5.41, 5.74) is 0.988. The largest absolute Gasteiger partial charge is 0.457 e. The van der Waals surface area contributed by atoms with Crippen LogP contribution in [0.5, 0.6) is 11.5 Å². The Morgan fingerprint density at radius 3 is 2.03 bits per heavy atom. The molecule has 3 rings (SSSR count). The van der Waals surface area contributed by atoms with Crippen LogP contribution in [0.2, 0.25) is 0 Å². The molecule has 0 saturated carbocycles. The summed E-state index contributed by atoms with van der Waals surface area (Å²) in [6.45, 7) is 6.00. The van der Waals surface area contributed by atoms with Gasteiger partial charge in [0.15, 0.2) is 5.82 Å². The van der Waals surface area contributed by atoms with Gasteiger partial charge in [0.25, 0.3) is 5.91 Å². The third-order valence-corrected chi connectivity index (χ3v) is 4.35. The van der Waals surface area contributed by atoms with Crippen molar-refractivity contribution >= 4 is 23.4 Å². The lowest BCUT2D eigenvalue weighted by atomic mass is 9.93. The predicted octanol–water partition coefficient (Wildman–Crippen LogP) is 5.11. The van der Waals surface area contributed by atoms with Crippen molar-refractivity contribution in [3.63, 3.8) is 0 Å². The first-order chi connectivity index (χ1) is 14.6. The topological polar surface area (TPSA) is 96.7 Å². The van der Waals surface area contributed by atoms with Crippen LogP contribution >= 0.6 is 0 Å². The van der Waals surface area contributed by atoms with Gasteiger partial charge in [0, 0.05) is 36.8 Å². The molecular weight excluding hydrogens is 396 g/mol. The van der Waals surface area contributed by atoms with Crippen molar-refractivity contribution in [2.24, 2.45) is 0 Å². The van der Waals surface area contributed by atoms with Gasteiger partial charge in [-0.25, -0.2) is 4.79 Å². The van der Waals surface area contributed by atoms with Gasteiger partial charge in [-0.1, -0.05) is 25.9 Å². The van der Waals surface area contributed by atoms with Gasteiger partial charge in [-0.2, -0.15) is 0 Å². The van der Waals surface area contributed by atoms with Gasteiger partial charge in [-0.05, 0) is 48.5 Å². The van der Waals surface area contributed by atoms with Gasteiger partial charge in [0.05, 0.1) is 0 Å². The van der Waals surface area contributed by atoms with Crippen molar-refractivity contribution in [2.75, 3.05) is 24.7 Å². The highest BCUT2D eigenvalue weighted by molar-refractivity contribution is 5.99. The van der Waals surface area contributed by atoms with Crippen LogP contribution in [0.1, 0.15) is 36.9 Å². The summed E-state index contributed by atoms with van der Waals surface area (Å²) in [6.07, 6.45) is 0. The van der Waals surface area contributed by atoms with E-state index in [0.29, 0.717) is 34.3 Å². The van der Waals surface area contributed by atoms with Gasteiger partial charge in [-0.3, -0.25) is 10.1 Å². The molecule has 3 aromatic rings. The number of rotatable bonds is 5. The molecule has 2 aromatic carbocycles. The summed E-state index contributed by atoms with van der Waals surface area (Å²) < 4.78 is 11.0. The molecule has 0 unspecified atom stereocenters. The van der Waals surface area contributed by atoms with Crippen LogP contribution in [-0.4, -0.2) is 36.1 Å². The first-order valence-electron chi connectivity index (χ1n) is 9.76. The van der Waals surface area contributed by atoms with Crippen molar-refractivity contribution in [3.05, 3.63) is 65.9 Å². The van der Waals surface area contributed by atoms with Crippen LogP contribution < -0.4 is 15.4 Å². The van der Waals surface area contributed by atoms with Gasteiger partial charge < -0.3 is 19.5 Å². The fraction of sp³-hybridized carbons (Fsp3) is 0.261. The molecule has 0 aliphatic carbocycles. The van der Waals surface area contributed by atoms with E-state index in [4.69, 9.17) is 9.26 Å². The van der Waals surface area contributed by atoms with Gasteiger partial charge in [0.2, 0.25) is 0 Å². The Balaban J connectivity index is 1.55. The summed E-state index contributed by atoms with van der Waals surface area (Å²) in [7, 11) is 3.41. The monoisotopic (exact) mass is 422 g/mol. The van der Waals surface area contributed by atoms with Crippen molar-refractivity contribution in [2.45, 2.75) is 26.2 Å². The van der Waals surface area contributed by atoms with E-state index in [-0.39, 0.29) is 11.3 Å². The molecule has 0 spiro atoms. The minimum absolute atomic E-state index is 0.0690. The van der Waals surface area contributed by atoms with Crippen LogP contribution in [0.3, 0.4) is 0 Å². The molecule has 162 valence electrons. The van der Waals surface area contributed by atoms with E-state index in [1.165, 1.54) is 4.90 Å². The number of aromatic nitrogens is 1. The minimum atomic E-state index is -0.427. The summed E-state index contributed by atoms with van der Waals surface area (Å²) in [6, 6.07) is 15.1. The van der Waals surface area contributed by atoms with Crippen LogP contribution in [0.25, 0.3) is 0 Å². The second-order valence-corrected chi connectivity index (χ2v) is 8.26. The van der Waals surface area contributed by atoms with Crippen LogP contribution in [-0.2, 0) is 5.41 Å². The van der Waals surface area contributed by atoms with Gasteiger partial charge in [-0.15, -0.1) is 0 Å². The number of anilines is 2. The number of carbonyl (C=O) groups excluding carboxylic acids is 2. The normalized spacial score (nSPS) is 11.0. The zero-order valence-electron chi connectivity index (χ0n) is 18.2. The second kappa shape index (κ2) is 8.91. The molecule has 1 heterocycles. The molecule has 3 amide bonds. The molecule has 0 aliphatic rings. The molecule has 0 saturated heterocycles. The molecule has 0 fully saturated rings. The molecule has 0 atom stereocenters. The average Bonchev–Trinajstić information content (AvgIpc) is 3.18. The highest BCUT2D eigenvalue weighted by atomic mass is 16.5. The third kappa shape index (κ3) is 5.85. The average molecular weight is 422 g/mol. The number of hydrogen-bond donors (Lipinski definition) is 2. The van der Waals surface area contributed by atoms with Crippen molar-refractivity contribution in [1.82, 2.24) is 10.1 Å². The number of nitrogens with one attached hydrogen (secondary N) is 2. The van der Waals surface area contributed by atoms with E-state index in [0.717, 1.165) is 0 Å². The van der Waals surface area contributed by atoms with Crippen molar-refractivity contribution in [1.29, 1.82) is 0 Å². The van der Waals surface area contributed by atoms with Gasteiger partial charge >= 0.3 is 6.03 Å². The zero-order chi connectivity index (χ0) is 22.6. The lowest BCUT2D eigenvalue weighted by Gasteiger charge is -2.12. The maximum Gasteiger partial charge on any atom is 0.324 e. The Labute approximate surface area is 181 Å². The fourth-order valence-corrected chi connectivity index (χ4v) is 2.63. The highest BCUT2D eigenvalue weighted by Crippen LogP contribution is 2.25. The van der Waals surface area contributed by atoms with E-state index in [9.17, 15) is 9.59 Å². The molecule has 2 N–H and O–H groups in total. The van der Waals surface area contributed by atoms with E-state index in [2.05, 4.69) is 15.8 Å². The first-order valence-corrected chi connectivity index (χ1v) is 9.76. The van der Waals surface area contributed by atoms with Gasteiger partial charge in [0.1, 0.15) is 17.3 Å². The second-order valence-electron chi connectivity index (χ2n) is 8.26. The Morgan fingerprint density at radius 1 is 0.935 bits per heavy atom.